The summed E-state index contributed by atoms with van der Waals surface area (Å²) in [5.41, 5.74) is 0. The molecule has 1 unspecified atom stereocenters. The first-order valence-electron chi connectivity index (χ1n) is 21.0. The molecule has 0 heterocycles. The van der Waals surface area contributed by atoms with Crippen molar-refractivity contribution in [3.63, 3.8) is 0 Å². The van der Waals surface area contributed by atoms with Crippen molar-refractivity contribution in [1.82, 2.24) is 0 Å². The van der Waals surface area contributed by atoms with E-state index in [0.29, 0.717) is 19.3 Å². The van der Waals surface area contributed by atoms with E-state index < -0.39 is 6.10 Å². The lowest BCUT2D eigenvalue weighted by Gasteiger charge is -2.18. The van der Waals surface area contributed by atoms with Crippen LogP contribution in [0.2, 0.25) is 0 Å². The van der Waals surface area contributed by atoms with Crippen LogP contribution >= 0.6 is 0 Å². The van der Waals surface area contributed by atoms with E-state index in [1.807, 2.05) is 60.8 Å². The second-order valence-corrected chi connectivity index (χ2v) is 13.3. The van der Waals surface area contributed by atoms with Gasteiger partial charge in [0.15, 0.2) is 6.10 Å². The molecule has 6 nitrogen and oxygen atoms in total. The van der Waals surface area contributed by atoms with Gasteiger partial charge in [-0.2, -0.15) is 0 Å². The highest BCUT2D eigenvalue weighted by atomic mass is 16.6. The number of rotatable bonds is 35. The fourth-order valence-corrected chi connectivity index (χ4v) is 5.02. The third-order valence-electron chi connectivity index (χ3n) is 8.15. The van der Waals surface area contributed by atoms with Crippen LogP contribution in [-0.4, -0.2) is 37.2 Å². The SMILES string of the molecule is CC\C=C/C=C\C=C/C=C\C=C\C=C/CCCCCC(=O)OCC(COC(=O)CCCC/C=C\C/C=C\CC)OC(=O)CCCCCC/C=C\CCCC. The molecule has 6 heteroatoms. The molecule has 0 radical (unpaired) electrons. The van der Waals surface area contributed by atoms with Crippen molar-refractivity contribution in [1.29, 1.82) is 0 Å². The molecule has 0 saturated heterocycles. The number of allylic oxidation sites excluding steroid dienone is 18. The number of esters is 3. The van der Waals surface area contributed by atoms with Gasteiger partial charge in [-0.05, 0) is 83.5 Å². The first kappa shape index (κ1) is 50.1. The standard InChI is InChI=1S/C48H74O6/c1-4-7-10-13-16-19-21-22-23-24-25-26-27-30-32-35-38-41-47(50)53-44-45(43-52-46(49)40-37-34-31-28-18-15-12-9-6-3)54-48(51)42-39-36-33-29-20-17-14-11-8-5-2/h7,9-10,12-14,16-19,21-28,45H,4-6,8,11,15,20,29-44H2,1-3H3/b10-7-,12-9-,16-13-,17-14-,21-19-,23-22-,25-24+,27-26-,28-18-. The van der Waals surface area contributed by atoms with Crippen LogP contribution in [0.4, 0.5) is 0 Å². The number of carbonyl (C=O) groups is 3. The topological polar surface area (TPSA) is 78.9 Å². The zero-order valence-corrected chi connectivity index (χ0v) is 34.2. The molecular weight excluding hydrogens is 673 g/mol. The number of ether oxygens (including phenoxy) is 3. The number of carbonyl (C=O) groups excluding carboxylic acids is 3. The van der Waals surface area contributed by atoms with Crippen molar-refractivity contribution < 1.29 is 28.6 Å². The van der Waals surface area contributed by atoms with E-state index in [9.17, 15) is 14.4 Å². The molecule has 0 aliphatic carbocycles. The fourth-order valence-electron chi connectivity index (χ4n) is 5.02. The molecule has 0 N–H and O–H groups in total. The Hall–Kier alpha value is -3.93. The molecular formula is C48H74O6. The largest absolute Gasteiger partial charge is 0.462 e. The average Bonchev–Trinajstić information content (AvgIpc) is 3.17. The van der Waals surface area contributed by atoms with Gasteiger partial charge >= 0.3 is 17.9 Å². The monoisotopic (exact) mass is 747 g/mol. The summed E-state index contributed by atoms with van der Waals surface area (Å²) in [5, 5.41) is 0. The minimum Gasteiger partial charge on any atom is -0.462 e. The van der Waals surface area contributed by atoms with Crippen molar-refractivity contribution in [2.24, 2.45) is 0 Å². The predicted molar refractivity (Wildman–Crippen MR) is 228 cm³/mol. The Morgan fingerprint density at radius 2 is 0.815 bits per heavy atom. The van der Waals surface area contributed by atoms with Crippen molar-refractivity contribution in [3.8, 4) is 0 Å². The third-order valence-corrected chi connectivity index (χ3v) is 8.15. The lowest BCUT2D eigenvalue weighted by molar-refractivity contribution is -0.167. The minimum atomic E-state index is -0.813. The van der Waals surface area contributed by atoms with Crippen molar-refractivity contribution in [3.05, 3.63) is 109 Å². The Labute approximate surface area is 330 Å². The molecule has 1 atom stereocenters. The molecule has 0 saturated carbocycles. The number of hydrogen-bond donors (Lipinski definition) is 0. The van der Waals surface area contributed by atoms with Gasteiger partial charge in [0.1, 0.15) is 13.2 Å². The van der Waals surface area contributed by atoms with E-state index in [-0.39, 0.29) is 31.1 Å². The van der Waals surface area contributed by atoms with Crippen LogP contribution in [0.3, 0.4) is 0 Å². The maximum absolute atomic E-state index is 12.6. The Kier molecular flexibility index (Phi) is 38.8. The van der Waals surface area contributed by atoms with Gasteiger partial charge in [0.25, 0.3) is 0 Å². The smallest absolute Gasteiger partial charge is 0.306 e. The molecule has 0 aliphatic rings. The van der Waals surface area contributed by atoms with Gasteiger partial charge in [0.05, 0.1) is 0 Å². The summed E-state index contributed by atoms with van der Waals surface area (Å²) < 4.78 is 16.5. The van der Waals surface area contributed by atoms with Gasteiger partial charge in [-0.15, -0.1) is 0 Å². The van der Waals surface area contributed by atoms with Crippen LogP contribution in [0.15, 0.2) is 109 Å². The summed E-state index contributed by atoms with van der Waals surface area (Å²) in [7, 11) is 0. The maximum Gasteiger partial charge on any atom is 0.306 e. The van der Waals surface area contributed by atoms with E-state index in [1.54, 1.807) is 0 Å². The zero-order valence-electron chi connectivity index (χ0n) is 34.2. The summed E-state index contributed by atoms with van der Waals surface area (Å²) in [6, 6.07) is 0. The van der Waals surface area contributed by atoms with Gasteiger partial charge in [-0.3, -0.25) is 14.4 Å². The summed E-state index contributed by atoms with van der Waals surface area (Å²) in [5.74, 6) is -1.03. The van der Waals surface area contributed by atoms with Crippen LogP contribution in [0, 0.1) is 0 Å². The third kappa shape index (κ3) is 39.3. The van der Waals surface area contributed by atoms with Crippen molar-refractivity contribution >= 4 is 17.9 Å². The molecule has 0 fully saturated rings. The Bertz CT molecular complexity index is 1180. The summed E-state index contributed by atoms with van der Waals surface area (Å²) in [6.07, 6.45) is 55.1. The van der Waals surface area contributed by atoms with Crippen LogP contribution < -0.4 is 0 Å². The van der Waals surface area contributed by atoms with Crippen molar-refractivity contribution in [2.45, 2.75) is 162 Å². The second kappa shape index (κ2) is 41.8. The van der Waals surface area contributed by atoms with Crippen LogP contribution in [0.5, 0.6) is 0 Å². The molecule has 0 amide bonds. The molecule has 0 aromatic rings. The van der Waals surface area contributed by atoms with E-state index in [0.717, 1.165) is 103 Å². The highest BCUT2D eigenvalue weighted by Gasteiger charge is 2.19. The quantitative estimate of drug-likeness (QED) is 0.0211. The molecule has 0 bridgehead atoms. The molecule has 0 aliphatic heterocycles. The highest BCUT2D eigenvalue weighted by molar-refractivity contribution is 5.71. The van der Waals surface area contributed by atoms with Crippen LogP contribution in [-0.2, 0) is 28.6 Å². The highest BCUT2D eigenvalue weighted by Crippen LogP contribution is 2.11. The fraction of sp³-hybridized carbons (Fsp3) is 0.562. The van der Waals surface area contributed by atoms with Crippen LogP contribution in [0.1, 0.15) is 156 Å². The van der Waals surface area contributed by atoms with Gasteiger partial charge in [0.2, 0.25) is 0 Å². The Morgan fingerprint density at radius 1 is 0.407 bits per heavy atom. The summed E-state index contributed by atoms with van der Waals surface area (Å²) in [4.78, 5) is 37.5. The molecule has 0 rings (SSSR count). The molecule has 0 aromatic heterocycles. The molecule has 302 valence electrons. The first-order valence-corrected chi connectivity index (χ1v) is 21.0. The summed E-state index contributed by atoms with van der Waals surface area (Å²) >= 11 is 0. The molecule has 0 spiro atoms. The van der Waals surface area contributed by atoms with Gasteiger partial charge in [-0.1, -0.05) is 162 Å². The van der Waals surface area contributed by atoms with Gasteiger partial charge in [-0.25, -0.2) is 0 Å². The first-order chi connectivity index (χ1) is 26.5. The number of unbranched alkanes of at least 4 members (excludes halogenated alkanes) is 11. The lowest BCUT2D eigenvalue weighted by Crippen LogP contribution is -2.30. The minimum absolute atomic E-state index is 0.118. The molecule has 54 heavy (non-hydrogen) atoms. The Balaban J connectivity index is 4.52. The predicted octanol–water partition coefficient (Wildman–Crippen LogP) is 13.2. The van der Waals surface area contributed by atoms with Crippen molar-refractivity contribution in [2.75, 3.05) is 13.2 Å². The normalized spacial score (nSPS) is 13.2. The van der Waals surface area contributed by atoms with Gasteiger partial charge < -0.3 is 14.2 Å². The van der Waals surface area contributed by atoms with E-state index in [1.165, 1.54) is 12.8 Å². The zero-order chi connectivity index (χ0) is 39.4. The Morgan fingerprint density at radius 3 is 1.39 bits per heavy atom. The maximum atomic E-state index is 12.6. The van der Waals surface area contributed by atoms with Crippen LogP contribution in [0.25, 0.3) is 0 Å². The van der Waals surface area contributed by atoms with E-state index in [2.05, 4.69) is 69.4 Å². The second-order valence-electron chi connectivity index (χ2n) is 13.3. The lowest BCUT2D eigenvalue weighted by atomic mass is 10.1. The average molecular weight is 747 g/mol. The molecule has 0 aromatic carbocycles. The van der Waals surface area contributed by atoms with E-state index in [4.69, 9.17) is 14.2 Å². The number of hydrogen-bond acceptors (Lipinski definition) is 6. The summed E-state index contributed by atoms with van der Waals surface area (Å²) in [6.45, 7) is 6.19. The van der Waals surface area contributed by atoms with Gasteiger partial charge in [0, 0.05) is 19.3 Å². The van der Waals surface area contributed by atoms with E-state index >= 15 is 0 Å².